The van der Waals surface area contributed by atoms with Crippen LogP contribution < -0.4 is 10.1 Å². The summed E-state index contributed by atoms with van der Waals surface area (Å²) in [7, 11) is 4.67. The van der Waals surface area contributed by atoms with E-state index in [0.29, 0.717) is 11.3 Å². The molecule has 0 radical (unpaired) electrons. The molecule has 4 nitrogen and oxygen atoms in total. The van der Waals surface area contributed by atoms with Crippen molar-refractivity contribution in [3.8, 4) is 5.75 Å². The predicted octanol–water partition coefficient (Wildman–Crippen LogP) is 2.49. The fraction of sp³-hybridized carbons (Fsp3) is 0.571. The molecule has 1 rings (SSSR count). The number of nitrogens with one attached hydrogen (secondary N) is 1. The Hall–Kier alpha value is -1.17. The maximum atomic E-state index is 13.5. The fourth-order valence-electron chi connectivity index (χ4n) is 1.97. The van der Waals surface area contributed by atoms with E-state index in [9.17, 15) is 4.39 Å². The largest absolute Gasteiger partial charge is 0.496 e. The normalized spacial score (nSPS) is 12.7. The molecule has 0 aromatic heterocycles. The fourth-order valence-corrected chi connectivity index (χ4v) is 1.97. The Labute approximate surface area is 113 Å². The summed E-state index contributed by atoms with van der Waals surface area (Å²) in [5.74, 6) is 0.291. The quantitative estimate of drug-likeness (QED) is 0.737. The van der Waals surface area contributed by atoms with Crippen LogP contribution in [0.3, 0.4) is 0 Å². The molecule has 0 aliphatic rings. The lowest BCUT2D eigenvalue weighted by atomic mass is 10.0. The first-order valence-corrected chi connectivity index (χ1v) is 6.30. The van der Waals surface area contributed by atoms with E-state index in [0.717, 1.165) is 13.0 Å². The summed E-state index contributed by atoms with van der Waals surface area (Å²) >= 11 is 0. The lowest BCUT2D eigenvalue weighted by Crippen LogP contribution is -2.35. The van der Waals surface area contributed by atoms with Crippen LogP contribution in [-0.2, 0) is 9.47 Å². The zero-order valence-electron chi connectivity index (χ0n) is 11.9. The molecule has 1 aromatic carbocycles. The Balaban J connectivity index is 3.10. The number of halogens is 1. The van der Waals surface area contributed by atoms with E-state index in [-0.39, 0.29) is 11.9 Å². The summed E-state index contributed by atoms with van der Waals surface area (Å²) < 4.78 is 29.3. The summed E-state index contributed by atoms with van der Waals surface area (Å²) in [5.41, 5.74) is 0.685. The molecule has 108 valence electrons. The van der Waals surface area contributed by atoms with E-state index in [1.54, 1.807) is 27.4 Å². The van der Waals surface area contributed by atoms with Gasteiger partial charge in [0.05, 0.1) is 13.2 Å². The number of rotatable bonds is 8. The van der Waals surface area contributed by atoms with Gasteiger partial charge in [-0.1, -0.05) is 6.92 Å². The first kappa shape index (κ1) is 15.9. The van der Waals surface area contributed by atoms with Crippen molar-refractivity contribution in [2.75, 3.05) is 27.9 Å². The lowest BCUT2D eigenvalue weighted by Gasteiger charge is -2.27. The average Bonchev–Trinajstić information content (AvgIpc) is 2.43. The Kier molecular flexibility index (Phi) is 6.77. The first-order valence-electron chi connectivity index (χ1n) is 6.30. The Bertz CT molecular complexity index is 383. The number of ether oxygens (including phenoxy) is 3. The SMILES string of the molecule is CCCNC(c1cc(F)ccc1OC)C(OC)OC. The average molecular weight is 271 g/mol. The highest BCUT2D eigenvalue weighted by molar-refractivity contribution is 5.37. The van der Waals surface area contributed by atoms with Gasteiger partial charge in [0.1, 0.15) is 11.6 Å². The minimum atomic E-state index is -0.512. The van der Waals surface area contributed by atoms with E-state index in [1.165, 1.54) is 12.1 Å². The van der Waals surface area contributed by atoms with E-state index in [4.69, 9.17) is 14.2 Å². The second-order valence-electron chi connectivity index (χ2n) is 4.16. The molecule has 0 amide bonds. The maximum Gasteiger partial charge on any atom is 0.176 e. The van der Waals surface area contributed by atoms with E-state index in [2.05, 4.69) is 12.2 Å². The maximum absolute atomic E-state index is 13.5. The molecule has 1 atom stereocenters. The van der Waals surface area contributed by atoms with Gasteiger partial charge < -0.3 is 19.5 Å². The Morgan fingerprint density at radius 2 is 1.89 bits per heavy atom. The van der Waals surface area contributed by atoms with Gasteiger partial charge in [-0.3, -0.25) is 0 Å². The van der Waals surface area contributed by atoms with Crippen LogP contribution in [0.4, 0.5) is 4.39 Å². The van der Waals surface area contributed by atoms with Crippen LogP contribution in [0.2, 0.25) is 0 Å². The topological polar surface area (TPSA) is 39.7 Å². The molecule has 0 saturated heterocycles. The van der Waals surface area contributed by atoms with Crippen LogP contribution in [-0.4, -0.2) is 34.2 Å². The minimum absolute atomic E-state index is 0.291. The molecule has 1 unspecified atom stereocenters. The summed E-state index contributed by atoms with van der Waals surface area (Å²) in [4.78, 5) is 0. The molecule has 1 aromatic rings. The second kappa shape index (κ2) is 8.09. The molecule has 0 spiro atoms. The van der Waals surface area contributed by atoms with Gasteiger partial charge in [0.15, 0.2) is 6.29 Å². The molecule has 1 N–H and O–H groups in total. The van der Waals surface area contributed by atoms with Crippen molar-refractivity contribution >= 4 is 0 Å². The molecular weight excluding hydrogens is 249 g/mol. The number of hydrogen-bond donors (Lipinski definition) is 1. The molecule has 0 heterocycles. The third-order valence-electron chi connectivity index (χ3n) is 2.88. The van der Waals surface area contributed by atoms with Crippen molar-refractivity contribution in [3.05, 3.63) is 29.6 Å². The third kappa shape index (κ3) is 4.16. The van der Waals surface area contributed by atoms with E-state index >= 15 is 0 Å². The molecule has 19 heavy (non-hydrogen) atoms. The summed E-state index contributed by atoms with van der Waals surface area (Å²) in [5, 5.41) is 3.29. The molecule has 0 saturated carbocycles. The van der Waals surface area contributed by atoms with Gasteiger partial charge >= 0.3 is 0 Å². The van der Waals surface area contributed by atoms with Crippen molar-refractivity contribution in [1.82, 2.24) is 5.32 Å². The van der Waals surface area contributed by atoms with Gasteiger partial charge in [0.2, 0.25) is 0 Å². The highest BCUT2D eigenvalue weighted by Crippen LogP contribution is 2.29. The highest BCUT2D eigenvalue weighted by atomic mass is 19.1. The van der Waals surface area contributed by atoms with Crippen molar-refractivity contribution in [3.63, 3.8) is 0 Å². The molecule has 0 fully saturated rings. The van der Waals surface area contributed by atoms with Crippen LogP contribution in [0.15, 0.2) is 18.2 Å². The van der Waals surface area contributed by atoms with Gasteiger partial charge in [-0.25, -0.2) is 4.39 Å². The van der Waals surface area contributed by atoms with Gasteiger partial charge in [0.25, 0.3) is 0 Å². The predicted molar refractivity (Wildman–Crippen MR) is 71.8 cm³/mol. The summed E-state index contributed by atoms with van der Waals surface area (Å²) in [6.07, 6.45) is 0.441. The van der Waals surface area contributed by atoms with Crippen LogP contribution in [0, 0.1) is 5.82 Å². The molecule has 0 aliphatic heterocycles. The summed E-state index contributed by atoms with van der Waals surface area (Å²) in [6.45, 7) is 2.83. The number of benzene rings is 1. The highest BCUT2D eigenvalue weighted by Gasteiger charge is 2.25. The molecular formula is C14H22FNO3. The van der Waals surface area contributed by atoms with Crippen molar-refractivity contribution in [2.45, 2.75) is 25.7 Å². The number of hydrogen-bond acceptors (Lipinski definition) is 4. The lowest BCUT2D eigenvalue weighted by molar-refractivity contribution is -0.124. The summed E-state index contributed by atoms with van der Waals surface area (Å²) in [6, 6.07) is 4.12. The smallest absolute Gasteiger partial charge is 0.176 e. The zero-order valence-corrected chi connectivity index (χ0v) is 11.9. The van der Waals surface area contributed by atoms with Gasteiger partial charge in [-0.15, -0.1) is 0 Å². The third-order valence-corrected chi connectivity index (χ3v) is 2.88. The monoisotopic (exact) mass is 271 g/mol. The Morgan fingerprint density at radius 3 is 2.42 bits per heavy atom. The Morgan fingerprint density at radius 1 is 1.21 bits per heavy atom. The van der Waals surface area contributed by atoms with Crippen molar-refractivity contribution < 1.29 is 18.6 Å². The molecule has 5 heteroatoms. The van der Waals surface area contributed by atoms with Crippen LogP contribution >= 0.6 is 0 Å². The van der Waals surface area contributed by atoms with Crippen LogP contribution in [0.5, 0.6) is 5.75 Å². The minimum Gasteiger partial charge on any atom is -0.496 e. The van der Waals surface area contributed by atoms with Crippen LogP contribution in [0.1, 0.15) is 24.9 Å². The molecule has 0 bridgehead atoms. The molecule has 0 aliphatic carbocycles. The number of methoxy groups -OCH3 is 3. The van der Waals surface area contributed by atoms with Crippen molar-refractivity contribution in [2.24, 2.45) is 0 Å². The zero-order chi connectivity index (χ0) is 14.3. The first-order chi connectivity index (χ1) is 9.17. The van der Waals surface area contributed by atoms with Crippen LogP contribution in [0.25, 0.3) is 0 Å². The standard InChI is InChI=1S/C14H22FNO3/c1-5-8-16-13(14(18-3)19-4)11-9-10(15)6-7-12(11)17-2/h6-7,9,13-14,16H,5,8H2,1-4H3. The van der Waals surface area contributed by atoms with E-state index in [1.807, 2.05) is 0 Å². The van der Waals surface area contributed by atoms with Gasteiger partial charge in [-0.05, 0) is 31.2 Å². The van der Waals surface area contributed by atoms with E-state index < -0.39 is 6.29 Å². The van der Waals surface area contributed by atoms with Gasteiger partial charge in [-0.2, -0.15) is 0 Å². The van der Waals surface area contributed by atoms with Gasteiger partial charge in [0, 0.05) is 19.8 Å². The second-order valence-corrected chi connectivity index (χ2v) is 4.16. The van der Waals surface area contributed by atoms with Crippen molar-refractivity contribution in [1.29, 1.82) is 0 Å².